The van der Waals surface area contributed by atoms with E-state index in [9.17, 15) is 0 Å². The van der Waals surface area contributed by atoms with Crippen LogP contribution in [0.4, 0.5) is 5.69 Å². The Labute approximate surface area is 128 Å². The Morgan fingerprint density at radius 2 is 2.14 bits per heavy atom. The highest BCUT2D eigenvalue weighted by molar-refractivity contribution is 5.43. The van der Waals surface area contributed by atoms with Crippen molar-refractivity contribution >= 4 is 5.69 Å². The molecule has 1 aromatic heterocycles. The molecule has 2 atom stereocenters. The highest BCUT2D eigenvalue weighted by Gasteiger charge is 2.32. The minimum Gasteiger partial charge on any atom is -0.475 e. The van der Waals surface area contributed by atoms with Gasteiger partial charge in [-0.2, -0.15) is 0 Å². The van der Waals surface area contributed by atoms with E-state index in [0.29, 0.717) is 36.5 Å². The second-order valence-corrected chi connectivity index (χ2v) is 6.86. The molecule has 1 aliphatic carbocycles. The molecule has 0 bridgehead atoms. The van der Waals surface area contributed by atoms with Crippen LogP contribution in [-0.4, -0.2) is 31.3 Å². The first-order chi connectivity index (χ1) is 10.00. The molecule has 0 aromatic carbocycles. The summed E-state index contributed by atoms with van der Waals surface area (Å²) in [4.78, 5) is 4.33. The Balaban J connectivity index is 1.86. The van der Waals surface area contributed by atoms with Crippen molar-refractivity contribution in [1.29, 1.82) is 0 Å². The van der Waals surface area contributed by atoms with Gasteiger partial charge < -0.3 is 14.8 Å². The second kappa shape index (κ2) is 7.12. The van der Waals surface area contributed by atoms with Crippen LogP contribution in [0.1, 0.15) is 40.0 Å². The van der Waals surface area contributed by atoms with Crippen molar-refractivity contribution in [3.63, 3.8) is 0 Å². The highest BCUT2D eigenvalue weighted by Crippen LogP contribution is 2.39. The Hall–Kier alpha value is -1.29. The molecule has 2 unspecified atom stereocenters. The molecule has 4 nitrogen and oxygen atoms in total. The van der Waals surface area contributed by atoms with Gasteiger partial charge in [-0.25, -0.2) is 4.98 Å². The van der Waals surface area contributed by atoms with Crippen LogP contribution in [0.15, 0.2) is 18.3 Å². The lowest BCUT2D eigenvalue weighted by atomic mass is 9.70. The summed E-state index contributed by atoms with van der Waals surface area (Å²) in [6.45, 7) is 8.19. The number of hydrogen-bond donors (Lipinski definition) is 1. The number of pyridine rings is 1. The van der Waals surface area contributed by atoms with Crippen LogP contribution in [0.2, 0.25) is 0 Å². The van der Waals surface area contributed by atoms with Gasteiger partial charge in [0.1, 0.15) is 6.61 Å². The van der Waals surface area contributed by atoms with Gasteiger partial charge in [0.15, 0.2) is 0 Å². The van der Waals surface area contributed by atoms with Gasteiger partial charge >= 0.3 is 0 Å². The quantitative estimate of drug-likeness (QED) is 0.811. The van der Waals surface area contributed by atoms with Crippen LogP contribution in [0.5, 0.6) is 5.88 Å². The average Bonchev–Trinajstić information content (AvgIpc) is 2.43. The van der Waals surface area contributed by atoms with Gasteiger partial charge in [0.2, 0.25) is 5.88 Å². The van der Waals surface area contributed by atoms with Crippen molar-refractivity contribution in [3.8, 4) is 5.88 Å². The van der Waals surface area contributed by atoms with Crippen LogP contribution in [0, 0.1) is 11.3 Å². The maximum Gasteiger partial charge on any atom is 0.213 e. The summed E-state index contributed by atoms with van der Waals surface area (Å²) in [5.41, 5.74) is 1.56. The summed E-state index contributed by atoms with van der Waals surface area (Å²) in [6, 6.07) is 4.50. The van der Waals surface area contributed by atoms with Crippen LogP contribution >= 0.6 is 0 Å². The molecule has 1 saturated carbocycles. The zero-order valence-corrected chi connectivity index (χ0v) is 13.7. The molecule has 1 N–H and O–H groups in total. The number of ether oxygens (including phenoxy) is 2. The summed E-state index contributed by atoms with van der Waals surface area (Å²) >= 11 is 0. The lowest BCUT2D eigenvalue weighted by Crippen LogP contribution is -2.36. The van der Waals surface area contributed by atoms with E-state index in [1.807, 2.05) is 18.3 Å². The number of nitrogens with one attached hydrogen (secondary N) is 1. The van der Waals surface area contributed by atoms with Crippen LogP contribution in [-0.2, 0) is 4.74 Å². The minimum atomic E-state index is 0.481. The summed E-state index contributed by atoms with van der Waals surface area (Å²) in [5.74, 6) is 1.34. The summed E-state index contributed by atoms with van der Waals surface area (Å²) in [6.07, 6.45) is 5.63. The van der Waals surface area contributed by atoms with Crippen molar-refractivity contribution < 1.29 is 9.47 Å². The monoisotopic (exact) mass is 292 g/mol. The molecule has 1 heterocycles. The van der Waals surface area contributed by atoms with E-state index < -0.39 is 0 Å². The fraction of sp³-hybridized carbons (Fsp3) is 0.706. The van der Waals surface area contributed by atoms with E-state index in [4.69, 9.17) is 9.47 Å². The molecule has 1 fully saturated rings. The molecule has 0 saturated heterocycles. The standard InChI is InChI=1S/C17H28N2O2/c1-13-11-17(2,3)8-7-15(13)19-14-5-6-16(18-12-14)21-10-9-20-4/h5-6,12-13,15,19H,7-11H2,1-4H3. The first-order valence-electron chi connectivity index (χ1n) is 7.84. The van der Waals surface area contributed by atoms with Crippen molar-refractivity contribution in [2.24, 2.45) is 11.3 Å². The summed E-state index contributed by atoms with van der Waals surface area (Å²) in [5, 5.41) is 3.62. The van der Waals surface area contributed by atoms with E-state index in [1.165, 1.54) is 19.3 Å². The second-order valence-electron chi connectivity index (χ2n) is 6.86. The number of rotatable bonds is 6. The molecule has 1 aromatic rings. The van der Waals surface area contributed by atoms with Crippen molar-refractivity contribution in [3.05, 3.63) is 18.3 Å². The molecule has 0 radical (unpaired) electrons. The lowest BCUT2D eigenvalue weighted by Gasteiger charge is -2.39. The summed E-state index contributed by atoms with van der Waals surface area (Å²) < 4.78 is 10.4. The molecule has 4 heteroatoms. The third-order valence-corrected chi connectivity index (χ3v) is 4.32. The van der Waals surface area contributed by atoms with Gasteiger partial charge in [-0.1, -0.05) is 20.8 Å². The largest absolute Gasteiger partial charge is 0.475 e. The van der Waals surface area contributed by atoms with E-state index in [0.717, 1.165) is 5.69 Å². The SMILES string of the molecule is COCCOc1ccc(NC2CCC(C)(C)CC2C)cn1. The van der Waals surface area contributed by atoms with Gasteiger partial charge in [0.25, 0.3) is 0 Å². The molecule has 0 aliphatic heterocycles. The molecule has 118 valence electrons. The van der Waals surface area contributed by atoms with Gasteiger partial charge in [-0.15, -0.1) is 0 Å². The third kappa shape index (κ3) is 4.88. The van der Waals surface area contributed by atoms with Crippen molar-refractivity contribution in [1.82, 2.24) is 4.98 Å². The predicted molar refractivity (Wildman–Crippen MR) is 85.8 cm³/mol. The number of methoxy groups -OCH3 is 1. The fourth-order valence-electron chi connectivity index (χ4n) is 3.16. The number of aromatic nitrogens is 1. The van der Waals surface area contributed by atoms with E-state index in [-0.39, 0.29) is 0 Å². The Morgan fingerprint density at radius 3 is 2.76 bits per heavy atom. The molecule has 21 heavy (non-hydrogen) atoms. The number of nitrogens with zero attached hydrogens (tertiary/aromatic N) is 1. The van der Waals surface area contributed by atoms with E-state index in [2.05, 4.69) is 31.1 Å². The van der Waals surface area contributed by atoms with Gasteiger partial charge in [0, 0.05) is 19.2 Å². The average molecular weight is 292 g/mol. The smallest absolute Gasteiger partial charge is 0.213 e. The summed E-state index contributed by atoms with van der Waals surface area (Å²) in [7, 11) is 1.66. The third-order valence-electron chi connectivity index (χ3n) is 4.32. The van der Waals surface area contributed by atoms with Crippen LogP contribution < -0.4 is 10.1 Å². The Kier molecular flexibility index (Phi) is 5.45. The zero-order valence-electron chi connectivity index (χ0n) is 13.7. The van der Waals surface area contributed by atoms with Crippen molar-refractivity contribution in [2.75, 3.05) is 25.6 Å². The maximum absolute atomic E-state index is 5.48. The maximum atomic E-state index is 5.48. The van der Waals surface area contributed by atoms with Gasteiger partial charge in [-0.3, -0.25) is 0 Å². The molecule has 0 spiro atoms. The fourth-order valence-corrected chi connectivity index (χ4v) is 3.16. The lowest BCUT2D eigenvalue weighted by molar-refractivity contribution is 0.144. The zero-order chi connectivity index (χ0) is 15.3. The van der Waals surface area contributed by atoms with Gasteiger partial charge in [0.05, 0.1) is 18.5 Å². The number of hydrogen-bond acceptors (Lipinski definition) is 4. The topological polar surface area (TPSA) is 43.4 Å². The highest BCUT2D eigenvalue weighted by atomic mass is 16.5. The van der Waals surface area contributed by atoms with Crippen molar-refractivity contribution in [2.45, 2.75) is 46.1 Å². The Bertz CT molecular complexity index is 431. The molecule has 0 amide bonds. The van der Waals surface area contributed by atoms with Crippen LogP contribution in [0.25, 0.3) is 0 Å². The van der Waals surface area contributed by atoms with Gasteiger partial charge in [-0.05, 0) is 36.7 Å². The molecular formula is C17H28N2O2. The van der Waals surface area contributed by atoms with Crippen LogP contribution in [0.3, 0.4) is 0 Å². The first kappa shape index (κ1) is 16.1. The van der Waals surface area contributed by atoms with E-state index in [1.54, 1.807) is 7.11 Å². The predicted octanol–water partition coefficient (Wildman–Crippen LogP) is 3.73. The molecule has 2 rings (SSSR count). The minimum absolute atomic E-state index is 0.481. The molecular weight excluding hydrogens is 264 g/mol. The Morgan fingerprint density at radius 1 is 1.33 bits per heavy atom. The number of anilines is 1. The first-order valence-corrected chi connectivity index (χ1v) is 7.84. The molecule has 1 aliphatic rings. The van der Waals surface area contributed by atoms with E-state index >= 15 is 0 Å². The normalized spacial score (nSPS) is 24.6.